The molecule has 4 rings (SSSR count). The molecular formula is C29H36N4O6. The van der Waals surface area contributed by atoms with E-state index in [-0.39, 0.29) is 22.4 Å². The zero-order valence-corrected chi connectivity index (χ0v) is 22.7. The normalized spacial score (nSPS) is 15.5. The second-order valence-electron chi connectivity index (χ2n) is 10.5. The number of nitrogens with zero attached hydrogens (tertiary/aromatic N) is 3. The van der Waals surface area contributed by atoms with Gasteiger partial charge in [0, 0.05) is 37.4 Å². The van der Waals surface area contributed by atoms with Gasteiger partial charge in [0.2, 0.25) is 0 Å². The van der Waals surface area contributed by atoms with Crippen molar-refractivity contribution in [2.24, 2.45) is 0 Å². The maximum absolute atomic E-state index is 12.0. The quantitative estimate of drug-likeness (QED) is 0.355. The molecule has 0 aliphatic carbocycles. The molecule has 2 heterocycles. The molecule has 0 saturated carbocycles. The minimum atomic E-state index is -0.480. The Morgan fingerprint density at radius 3 is 1.59 bits per heavy atom. The molecular weight excluding hydrogens is 500 g/mol. The van der Waals surface area contributed by atoms with Gasteiger partial charge in [0.15, 0.2) is 0 Å². The van der Waals surface area contributed by atoms with Crippen molar-refractivity contribution in [3.8, 4) is 0 Å². The fourth-order valence-corrected chi connectivity index (χ4v) is 4.20. The first-order valence-corrected chi connectivity index (χ1v) is 13.1. The fraction of sp³-hybridized carbons (Fsp3) is 0.414. The van der Waals surface area contributed by atoms with E-state index in [1.807, 2.05) is 26.8 Å². The van der Waals surface area contributed by atoms with Crippen molar-refractivity contribution in [1.29, 1.82) is 0 Å². The number of likely N-dealkylation sites (tertiary alicyclic amines) is 1. The molecule has 2 saturated heterocycles. The number of piperidine rings is 2. The average molecular weight is 537 g/mol. The molecule has 1 N–H and O–H groups in total. The van der Waals surface area contributed by atoms with Gasteiger partial charge in [0.1, 0.15) is 5.60 Å². The molecule has 2 aliphatic rings. The van der Waals surface area contributed by atoms with Crippen LogP contribution in [0.15, 0.2) is 59.7 Å². The van der Waals surface area contributed by atoms with Gasteiger partial charge in [-0.15, -0.1) is 0 Å². The predicted octanol–water partition coefficient (Wildman–Crippen LogP) is 6.37. The lowest BCUT2D eigenvalue weighted by Gasteiger charge is -2.31. The van der Waals surface area contributed by atoms with Crippen molar-refractivity contribution in [2.75, 3.05) is 26.2 Å². The van der Waals surface area contributed by atoms with E-state index in [0.717, 1.165) is 49.9 Å². The summed E-state index contributed by atoms with van der Waals surface area (Å²) in [7, 11) is 0. The number of non-ortho nitro benzene ring substituents is 2. The third kappa shape index (κ3) is 9.97. The molecule has 0 atom stereocenters. The fourth-order valence-electron chi connectivity index (χ4n) is 4.20. The number of benzene rings is 2. The van der Waals surface area contributed by atoms with Gasteiger partial charge in [0.05, 0.1) is 9.85 Å². The summed E-state index contributed by atoms with van der Waals surface area (Å²) in [6.07, 6.45) is 7.60. The van der Waals surface area contributed by atoms with Gasteiger partial charge < -0.3 is 15.0 Å². The maximum Gasteiger partial charge on any atom is 0.410 e. The van der Waals surface area contributed by atoms with E-state index >= 15 is 0 Å². The zero-order chi connectivity index (χ0) is 28.4. The third-order valence-corrected chi connectivity index (χ3v) is 6.25. The van der Waals surface area contributed by atoms with Crippen LogP contribution in [0.3, 0.4) is 0 Å². The Morgan fingerprint density at radius 1 is 0.795 bits per heavy atom. The highest BCUT2D eigenvalue weighted by Gasteiger charge is 2.24. The number of carbonyl (C=O) groups excluding carboxylic acids is 1. The Morgan fingerprint density at radius 2 is 1.21 bits per heavy atom. The lowest BCUT2D eigenvalue weighted by Crippen LogP contribution is -2.40. The summed E-state index contributed by atoms with van der Waals surface area (Å²) < 4.78 is 5.37. The smallest absolute Gasteiger partial charge is 0.410 e. The van der Waals surface area contributed by atoms with E-state index in [2.05, 4.69) is 11.4 Å². The molecule has 2 fully saturated rings. The average Bonchev–Trinajstić information content (AvgIpc) is 2.90. The van der Waals surface area contributed by atoms with Gasteiger partial charge in [-0.25, -0.2) is 4.79 Å². The van der Waals surface area contributed by atoms with Crippen LogP contribution in [0, 0.1) is 20.2 Å². The molecule has 2 aliphatic heterocycles. The van der Waals surface area contributed by atoms with E-state index in [0.29, 0.717) is 13.1 Å². The Balaban J connectivity index is 0.000000230. The Labute approximate surface area is 228 Å². The van der Waals surface area contributed by atoms with Gasteiger partial charge in [0.25, 0.3) is 11.4 Å². The third-order valence-electron chi connectivity index (χ3n) is 6.25. The Kier molecular flexibility index (Phi) is 10.3. The zero-order valence-electron chi connectivity index (χ0n) is 22.7. The van der Waals surface area contributed by atoms with Crippen molar-refractivity contribution in [2.45, 2.75) is 52.1 Å². The van der Waals surface area contributed by atoms with E-state index in [1.165, 1.54) is 23.3 Å². The molecule has 2 aromatic rings. The van der Waals surface area contributed by atoms with Crippen LogP contribution < -0.4 is 5.32 Å². The molecule has 0 unspecified atom stereocenters. The van der Waals surface area contributed by atoms with Crippen molar-refractivity contribution in [3.05, 3.63) is 91.0 Å². The van der Waals surface area contributed by atoms with Gasteiger partial charge >= 0.3 is 6.09 Å². The highest BCUT2D eigenvalue weighted by Crippen LogP contribution is 2.22. The van der Waals surface area contributed by atoms with Gasteiger partial charge in [-0.3, -0.25) is 20.2 Å². The minimum absolute atomic E-state index is 0.0897. The molecule has 10 heteroatoms. The first-order chi connectivity index (χ1) is 18.5. The van der Waals surface area contributed by atoms with Crippen molar-refractivity contribution < 1.29 is 19.4 Å². The largest absolute Gasteiger partial charge is 0.444 e. The summed E-state index contributed by atoms with van der Waals surface area (Å²) in [5.41, 5.74) is 4.39. The summed E-state index contributed by atoms with van der Waals surface area (Å²) in [5.74, 6) is 0. The molecule has 0 bridgehead atoms. The molecule has 0 spiro atoms. The van der Waals surface area contributed by atoms with Crippen molar-refractivity contribution >= 4 is 29.6 Å². The lowest BCUT2D eigenvalue weighted by molar-refractivity contribution is -0.385. The highest BCUT2D eigenvalue weighted by atomic mass is 16.6. The van der Waals surface area contributed by atoms with E-state index in [1.54, 1.807) is 41.3 Å². The standard InChI is InChI=1S/C17H22N2O4.C12H14N2O2/c1-17(2,3)23-16(20)18-10-8-14(9-11-18)12-13-4-6-15(7-5-13)19(21)22;15-14(16)12-3-1-10(2-4-12)9-11-5-7-13-8-6-11/h4-7,12H,8-11H2,1-3H3;1-4,9,13H,5-8H2. The topological polar surface area (TPSA) is 128 Å². The molecule has 208 valence electrons. The number of nitro groups is 2. The van der Waals surface area contributed by atoms with Crippen LogP contribution >= 0.6 is 0 Å². The summed E-state index contributed by atoms with van der Waals surface area (Å²) in [5, 5.41) is 24.4. The number of rotatable bonds is 4. The summed E-state index contributed by atoms with van der Waals surface area (Å²) in [6, 6.07) is 13.2. The van der Waals surface area contributed by atoms with Gasteiger partial charge in [-0.1, -0.05) is 23.3 Å². The monoisotopic (exact) mass is 536 g/mol. The van der Waals surface area contributed by atoms with Crippen LogP contribution in [-0.2, 0) is 4.74 Å². The number of carbonyl (C=O) groups is 1. The number of ether oxygens (including phenoxy) is 1. The molecule has 39 heavy (non-hydrogen) atoms. The SMILES string of the molecule is CC(C)(C)OC(=O)N1CCC(=Cc2ccc([N+](=O)[O-])cc2)CC1.O=[N+]([O-])c1ccc(C=C2CCNCC2)cc1. The minimum Gasteiger partial charge on any atom is -0.444 e. The second kappa shape index (κ2) is 13.7. The summed E-state index contributed by atoms with van der Waals surface area (Å²) in [4.78, 5) is 34.1. The van der Waals surface area contributed by atoms with E-state index in [4.69, 9.17) is 4.74 Å². The van der Waals surface area contributed by atoms with Crippen LogP contribution in [0.2, 0.25) is 0 Å². The number of nitro benzene ring substituents is 2. The lowest BCUT2D eigenvalue weighted by atomic mass is 10.0. The highest BCUT2D eigenvalue weighted by molar-refractivity contribution is 5.68. The Bertz CT molecular complexity index is 1200. The number of hydrogen-bond donors (Lipinski definition) is 1. The Hall–Kier alpha value is -4.05. The van der Waals surface area contributed by atoms with Gasteiger partial charge in [-0.2, -0.15) is 0 Å². The number of nitrogens with one attached hydrogen (secondary N) is 1. The molecule has 0 aromatic heterocycles. The van der Waals surface area contributed by atoms with Crippen LogP contribution in [0.25, 0.3) is 12.2 Å². The number of hydrogen-bond acceptors (Lipinski definition) is 7. The van der Waals surface area contributed by atoms with Crippen LogP contribution in [0.4, 0.5) is 16.2 Å². The first kappa shape index (κ1) is 29.5. The summed E-state index contributed by atoms with van der Waals surface area (Å²) in [6.45, 7) is 8.89. The molecule has 2 aromatic carbocycles. The maximum atomic E-state index is 12.0. The van der Waals surface area contributed by atoms with Crippen LogP contribution in [0.5, 0.6) is 0 Å². The molecule has 1 amide bonds. The van der Waals surface area contributed by atoms with Crippen LogP contribution in [0.1, 0.15) is 57.6 Å². The number of amides is 1. The van der Waals surface area contributed by atoms with Crippen LogP contribution in [-0.4, -0.2) is 52.6 Å². The van der Waals surface area contributed by atoms with E-state index in [9.17, 15) is 25.0 Å². The van der Waals surface area contributed by atoms with Crippen molar-refractivity contribution in [1.82, 2.24) is 10.2 Å². The molecule has 10 nitrogen and oxygen atoms in total. The second-order valence-corrected chi connectivity index (χ2v) is 10.5. The van der Waals surface area contributed by atoms with E-state index < -0.39 is 10.5 Å². The van der Waals surface area contributed by atoms with Crippen molar-refractivity contribution in [3.63, 3.8) is 0 Å². The predicted molar refractivity (Wildman–Crippen MR) is 151 cm³/mol. The first-order valence-electron chi connectivity index (χ1n) is 13.1. The van der Waals surface area contributed by atoms with Gasteiger partial charge in [-0.05, 0) is 94.9 Å². The molecule has 0 radical (unpaired) electrons. The summed E-state index contributed by atoms with van der Waals surface area (Å²) >= 11 is 0.